The van der Waals surface area contributed by atoms with E-state index >= 15 is 0 Å². The van der Waals surface area contributed by atoms with E-state index in [1.54, 1.807) is 0 Å². The van der Waals surface area contributed by atoms with Crippen molar-refractivity contribution in [3.8, 4) is 0 Å². The van der Waals surface area contributed by atoms with Gasteiger partial charge in [-0.05, 0) is 37.1 Å². The van der Waals surface area contributed by atoms with Crippen LogP contribution in [0, 0.1) is 0 Å². The molecular weight excluding hydrogens is 490 g/mol. The minimum Gasteiger partial charge on any atom is -0.478 e. The Morgan fingerprint density at radius 1 is 0.972 bits per heavy atom. The molecule has 11 nitrogen and oxygen atoms in total. The number of carboxylic acid groups (broad SMARTS) is 1. The zero-order valence-electron chi connectivity index (χ0n) is 20.0. The summed E-state index contributed by atoms with van der Waals surface area (Å²) in [4.78, 5) is 46.0. The summed E-state index contributed by atoms with van der Waals surface area (Å²) in [5.41, 5.74) is 0.370. The van der Waals surface area contributed by atoms with E-state index in [2.05, 4.69) is 16.0 Å². The van der Waals surface area contributed by atoms with Crippen LogP contribution in [0.4, 0.5) is 4.79 Å². The van der Waals surface area contributed by atoms with E-state index in [1.807, 2.05) is 11.8 Å². The van der Waals surface area contributed by atoms with E-state index < -0.39 is 11.9 Å². The summed E-state index contributed by atoms with van der Waals surface area (Å²) in [7, 11) is 0. The third-order valence-electron chi connectivity index (χ3n) is 5.85. The number of urea groups is 1. The van der Waals surface area contributed by atoms with Crippen molar-refractivity contribution in [2.45, 2.75) is 43.0 Å². The van der Waals surface area contributed by atoms with E-state index in [0.29, 0.717) is 38.0 Å². The molecule has 2 aliphatic heterocycles. The molecule has 0 aromatic heterocycles. The lowest BCUT2D eigenvalue weighted by Crippen LogP contribution is -2.36. The predicted octanol–water partition coefficient (Wildman–Crippen LogP) is 1.42. The van der Waals surface area contributed by atoms with Gasteiger partial charge in [0.1, 0.15) is 6.61 Å². The van der Waals surface area contributed by atoms with Gasteiger partial charge in [-0.2, -0.15) is 11.8 Å². The first-order valence-electron chi connectivity index (χ1n) is 12.1. The second-order valence-corrected chi connectivity index (χ2v) is 9.73. The van der Waals surface area contributed by atoms with Crippen LogP contribution in [0.1, 0.15) is 46.4 Å². The molecule has 1 unspecified atom stereocenters. The fourth-order valence-electron chi connectivity index (χ4n) is 3.97. The summed E-state index contributed by atoms with van der Waals surface area (Å²) >= 11 is 1.88. The number of aromatic carboxylic acids is 1. The quantitative estimate of drug-likeness (QED) is 0.143. The first kappa shape index (κ1) is 27.8. The number of nitrogens with one attached hydrogen (secondary N) is 3. The van der Waals surface area contributed by atoms with Crippen molar-refractivity contribution in [3.05, 3.63) is 35.4 Å². The smallest absolute Gasteiger partial charge is 0.338 e. The summed E-state index contributed by atoms with van der Waals surface area (Å²) in [5, 5.41) is 18.0. The van der Waals surface area contributed by atoms with Gasteiger partial charge >= 0.3 is 18.0 Å². The Bertz CT molecular complexity index is 898. The third-order valence-corrected chi connectivity index (χ3v) is 7.36. The maximum absolute atomic E-state index is 11.9. The summed E-state index contributed by atoms with van der Waals surface area (Å²) in [6.07, 6.45) is 3.23. The summed E-state index contributed by atoms with van der Waals surface area (Å²) in [5.74, 6) is -0.661. The highest BCUT2D eigenvalue weighted by Gasteiger charge is 2.42. The van der Waals surface area contributed by atoms with Gasteiger partial charge in [0.15, 0.2) is 0 Å². The molecule has 0 radical (unpaired) electrons. The Balaban J connectivity index is 1.09. The molecule has 2 aliphatic rings. The van der Waals surface area contributed by atoms with Gasteiger partial charge in [-0.3, -0.25) is 4.79 Å². The Kier molecular flexibility index (Phi) is 11.3. The van der Waals surface area contributed by atoms with Crippen LogP contribution in [0.3, 0.4) is 0 Å². The van der Waals surface area contributed by atoms with Gasteiger partial charge in [-0.1, -0.05) is 6.42 Å². The van der Waals surface area contributed by atoms with Crippen LogP contribution in [0.5, 0.6) is 0 Å². The lowest BCUT2D eigenvalue weighted by Gasteiger charge is -2.16. The number of rotatable bonds is 16. The number of carbonyl (C=O) groups excluding carboxylic acids is 3. The van der Waals surface area contributed by atoms with Gasteiger partial charge in [0.05, 0.1) is 49.6 Å². The van der Waals surface area contributed by atoms with Crippen molar-refractivity contribution in [2.24, 2.45) is 0 Å². The molecule has 3 amide bonds. The van der Waals surface area contributed by atoms with Crippen LogP contribution in [0.2, 0.25) is 0 Å². The number of fused-ring (bicyclic) bond motifs is 1. The number of thioether (sulfide) groups is 1. The first-order chi connectivity index (χ1) is 17.4. The molecule has 198 valence electrons. The monoisotopic (exact) mass is 523 g/mol. The predicted molar refractivity (Wildman–Crippen MR) is 132 cm³/mol. The molecule has 0 spiro atoms. The Morgan fingerprint density at radius 2 is 1.67 bits per heavy atom. The topological polar surface area (TPSA) is 152 Å². The van der Waals surface area contributed by atoms with Crippen LogP contribution in [0.25, 0.3) is 0 Å². The standard InChI is InChI=1S/C24H33N3O8S/c28-20(4-2-1-3-19-21-18(15-36-19)26-24(32)27-21)25-9-10-33-11-12-34-13-14-35-23(31)17-7-5-16(6-8-17)22(29)30/h5-8,18-19,21H,1-4,9-15H2,(H,25,28)(H,29,30)(H2,26,27,32)/t18-,19?,21-/m1/s1. The molecule has 2 fully saturated rings. The Hall–Kier alpha value is -2.83. The van der Waals surface area contributed by atoms with Crippen LogP contribution < -0.4 is 16.0 Å². The molecule has 0 saturated carbocycles. The number of unbranched alkanes of at least 4 members (excludes halogenated alkanes) is 1. The number of benzene rings is 1. The highest BCUT2D eigenvalue weighted by molar-refractivity contribution is 8.00. The van der Waals surface area contributed by atoms with Crippen molar-refractivity contribution >= 4 is 35.6 Å². The van der Waals surface area contributed by atoms with Gasteiger partial charge < -0.3 is 35.3 Å². The fraction of sp³-hybridized carbons (Fsp3) is 0.583. The average molecular weight is 524 g/mol. The molecule has 0 aliphatic carbocycles. The van der Waals surface area contributed by atoms with Crippen LogP contribution in [0.15, 0.2) is 24.3 Å². The van der Waals surface area contributed by atoms with Gasteiger partial charge in [0.2, 0.25) is 5.91 Å². The summed E-state index contributed by atoms with van der Waals surface area (Å²) < 4.78 is 15.8. The van der Waals surface area contributed by atoms with Crippen molar-refractivity contribution < 1.29 is 38.5 Å². The maximum Gasteiger partial charge on any atom is 0.338 e. The zero-order chi connectivity index (χ0) is 25.8. The van der Waals surface area contributed by atoms with Gasteiger partial charge in [0.25, 0.3) is 0 Å². The molecule has 1 aromatic rings. The van der Waals surface area contributed by atoms with Crippen LogP contribution in [-0.4, -0.2) is 91.6 Å². The number of amides is 3. The molecule has 3 atom stereocenters. The molecule has 0 bridgehead atoms. The molecule has 4 N–H and O–H groups in total. The average Bonchev–Trinajstić information content (AvgIpc) is 3.42. The molecular formula is C24H33N3O8S. The summed E-state index contributed by atoms with van der Waals surface area (Å²) in [6, 6.07) is 5.85. The number of carboxylic acids is 1. The van der Waals surface area contributed by atoms with E-state index in [1.165, 1.54) is 24.3 Å². The zero-order valence-corrected chi connectivity index (χ0v) is 20.8. The third kappa shape index (κ3) is 8.99. The molecule has 12 heteroatoms. The highest BCUT2D eigenvalue weighted by atomic mass is 32.2. The van der Waals surface area contributed by atoms with Gasteiger partial charge in [0, 0.05) is 24.0 Å². The van der Waals surface area contributed by atoms with E-state index in [4.69, 9.17) is 19.3 Å². The van der Waals surface area contributed by atoms with Gasteiger partial charge in [-0.25, -0.2) is 14.4 Å². The molecule has 3 rings (SSSR count). The largest absolute Gasteiger partial charge is 0.478 e. The maximum atomic E-state index is 11.9. The second kappa shape index (κ2) is 14.7. The minimum atomic E-state index is -1.06. The van der Waals surface area contributed by atoms with E-state index in [9.17, 15) is 19.2 Å². The van der Waals surface area contributed by atoms with Crippen LogP contribution >= 0.6 is 11.8 Å². The second-order valence-electron chi connectivity index (χ2n) is 8.46. The van der Waals surface area contributed by atoms with Crippen LogP contribution in [-0.2, 0) is 19.0 Å². The van der Waals surface area contributed by atoms with E-state index in [0.717, 1.165) is 25.0 Å². The molecule has 2 saturated heterocycles. The van der Waals surface area contributed by atoms with Gasteiger partial charge in [-0.15, -0.1) is 0 Å². The van der Waals surface area contributed by atoms with Crippen molar-refractivity contribution in [2.75, 3.05) is 45.3 Å². The number of esters is 1. The Morgan fingerprint density at radius 3 is 2.42 bits per heavy atom. The number of hydrogen-bond donors (Lipinski definition) is 4. The van der Waals surface area contributed by atoms with E-state index in [-0.39, 0.29) is 48.4 Å². The highest BCUT2D eigenvalue weighted by Crippen LogP contribution is 2.33. The minimum absolute atomic E-state index is 0.00190. The molecule has 2 heterocycles. The molecule has 1 aromatic carbocycles. The fourth-order valence-corrected chi connectivity index (χ4v) is 5.52. The van der Waals surface area contributed by atoms with Crippen molar-refractivity contribution in [1.29, 1.82) is 0 Å². The number of hydrogen-bond acceptors (Lipinski definition) is 8. The van der Waals surface area contributed by atoms with Crippen molar-refractivity contribution in [1.82, 2.24) is 16.0 Å². The SMILES string of the molecule is O=C(CCCCC1SC[C@H]2NC(=O)N[C@@H]12)NCCOCCOCCOC(=O)c1ccc(C(=O)O)cc1. The van der Waals surface area contributed by atoms with Crippen molar-refractivity contribution in [3.63, 3.8) is 0 Å². The normalized spacial score (nSPS) is 20.3. The summed E-state index contributed by atoms with van der Waals surface area (Å²) in [6.45, 7) is 1.77. The number of carbonyl (C=O) groups is 4. The Labute approximate surface area is 214 Å². The lowest BCUT2D eigenvalue weighted by atomic mass is 10.0. The lowest BCUT2D eigenvalue weighted by molar-refractivity contribution is -0.121. The number of ether oxygens (including phenoxy) is 3. The molecule has 36 heavy (non-hydrogen) atoms. The first-order valence-corrected chi connectivity index (χ1v) is 13.1.